The van der Waals surface area contributed by atoms with Crippen LogP contribution in [0.25, 0.3) is 5.57 Å². The molecule has 1 aromatic rings. The summed E-state index contributed by atoms with van der Waals surface area (Å²) >= 11 is 0. The topological polar surface area (TPSA) is 9.23 Å². The van der Waals surface area contributed by atoms with Crippen molar-refractivity contribution in [2.24, 2.45) is 5.92 Å². The van der Waals surface area contributed by atoms with E-state index >= 15 is 0 Å². The molecule has 104 valence electrons. The van der Waals surface area contributed by atoms with Crippen LogP contribution < -0.4 is 4.74 Å². The molecule has 1 aliphatic carbocycles. The molecule has 2 rings (SSSR count). The van der Waals surface area contributed by atoms with Gasteiger partial charge in [-0.05, 0) is 48.4 Å². The molecule has 1 aliphatic rings. The van der Waals surface area contributed by atoms with E-state index in [0.717, 1.165) is 31.1 Å². The Morgan fingerprint density at radius 2 is 2.05 bits per heavy atom. The predicted octanol–water partition coefficient (Wildman–Crippen LogP) is 5.46. The first kappa shape index (κ1) is 14.2. The van der Waals surface area contributed by atoms with E-state index in [2.05, 4.69) is 37.8 Å². The van der Waals surface area contributed by atoms with Crippen molar-refractivity contribution in [3.8, 4) is 5.75 Å². The highest BCUT2D eigenvalue weighted by Crippen LogP contribution is 2.26. The zero-order chi connectivity index (χ0) is 13.5. The summed E-state index contributed by atoms with van der Waals surface area (Å²) in [6.07, 6.45) is 9.04. The largest absolute Gasteiger partial charge is 0.493 e. The molecule has 0 bridgehead atoms. The van der Waals surface area contributed by atoms with Gasteiger partial charge in [0.2, 0.25) is 0 Å². The third kappa shape index (κ3) is 4.41. The SMILES string of the molecule is C=C(CCC)c1cccc(OCC2CCCCC2)c1. The van der Waals surface area contributed by atoms with Crippen molar-refractivity contribution < 1.29 is 4.74 Å². The van der Waals surface area contributed by atoms with E-state index in [1.54, 1.807) is 0 Å². The normalized spacial score (nSPS) is 16.3. The lowest BCUT2D eigenvalue weighted by atomic mass is 9.90. The Balaban J connectivity index is 1.89. The summed E-state index contributed by atoms with van der Waals surface area (Å²) in [4.78, 5) is 0. The van der Waals surface area contributed by atoms with Crippen LogP contribution in [0.15, 0.2) is 30.8 Å². The summed E-state index contributed by atoms with van der Waals surface area (Å²) in [5.74, 6) is 1.76. The highest BCUT2D eigenvalue weighted by Gasteiger charge is 2.14. The lowest BCUT2D eigenvalue weighted by Crippen LogP contribution is -2.15. The summed E-state index contributed by atoms with van der Waals surface area (Å²) in [6, 6.07) is 8.41. The molecule has 1 nitrogen and oxygen atoms in total. The molecule has 0 spiro atoms. The highest BCUT2D eigenvalue weighted by atomic mass is 16.5. The first-order valence-corrected chi connectivity index (χ1v) is 7.70. The second-order valence-electron chi connectivity index (χ2n) is 5.70. The van der Waals surface area contributed by atoms with Crippen molar-refractivity contribution in [2.45, 2.75) is 51.9 Å². The molecule has 0 aromatic heterocycles. The Morgan fingerprint density at radius 3 is 2.79 bits per heavy atom. The third-order valence-electron chi connectivity index (χ3n) is 4.00. The lowest BCUT2D eigenvalue weighted by molar-refractivity contribution is 0.209. The van der Waals surface area contributed by atoms with Crippen molar-refractivity contribution in [1.82, 2.24) is 0 Å². The Kier molecular flexibility index (Phi) is 5.50. The van der Waals surface area contributed by atoms with Gasteiger partial charge in [-0.15, -0.1) is 0 Å². The molecule has 0 amide bonds. The Morgan fingerprint density at radius 1 is 1.26 bits per heavy atom. The number of ether oxygens (including phenoxy) is 1. The average molecular weight is 258 g/mol. The smallest absolute Gasteiger partial charge is 0.119 e. The zero-order valence-corrected chi connectivity index (χ0v) is 12.2. The van der Waals surface area contributed by atoms with Crippen molar-refractivity contribution in [2.75, 3.05) is 6.61 Å². The van der Waals surface area contributed by atoms with Gasteiger partial charge in [0.05, 0.1) is 6.61 Å². The molecule has 1 fully saturated rings. The molecule has 0 saturated heterocycles. The van der Waals surface area contributed by atoms with Crippen LogP contribution in [0.5, 0.6) is 5.75 Å². The van der Waals surface area contributed by atoms with Gasteiger partial charge in [0.1, 0.15) is 5.75 Å². The fourth-order valence-electron chi connectivity index (χ4n) is 2.82. The fraction of sp³-hybridized carbons (Fsp3) is 0.556. The summed E-state index contributed by atoms with van der Waals surface area (Å²) < 4.78 is 5.97. The fourth-order valence-corrected chi connectivity index (χ4v) is 2.82. The van der Waals surface area contributed by atoms with Gasteiger partial charge < -0.3 is 4.74 Å². The molecule has 1 heteroatoms. The molecule has 1 saturated carbocycles. The molecular formula is C18H26O. The Labute approximate surface area is 117 Å². The summed E-state index contributed by atoms with van der Waals surface area (Å²) in [7, 11) is 0. The molecular weight excluding hydrogens is 232 g/mol. The van der Waals surface area contributed by atoms with E-state index in [0.29, 0.717) is 0 Å². The molecule has 0 unspecified atom stereocenters. The van der Waals surface area contributed by atoms with Gasteiger partial charge in [-0.25, -0.2) is 0 Å². The number of hydrogen-bond donors (Lipinski definition) is 0. The van der Waals surface area contributed by atoms with Crippen LogP contribution in [0.3, 0.4) is 0 Å². The van der Waals surface area contributed by atoms with Gasteiger partial charge in [0.15, 0.2) is 0 Å². The maximum Gasteiger partial charge on any atom is 0.119 e. The van der Waals surface area contributed by atoms with Crippen LogP contribution in [0.2, 0.25) is 0 Å². The maximum absolute atomic E-state index is 5.97. The number of hydrogen-bond acceptors (Lipinski definition) is 1. The molecule has 0 N–H and O–H groups in total. The van der Waals surface area contributed by atoms with E-state index in [-0.39, 0.29) is 0 Å². The van der Waals surface area contributed by atoms with Crippen LogP contribution in [-0.4, -0.2) is 6.61 Å². The molecule has 0 heterocycles. The van der Waals surface area contributed by atoms with Crippen molar-refractivity contribution in [3.63, 3.8) is 0 Å². The monoisotopic (exact) mass is 258 g/mol. The second-order valence-corrected chi connectivity index (χ2v) is 5.70. The molecule has 0 atom stereocenters. The predicted molar refractivity (Wildman–Crippen MR) is 82.5 cm³/mol. The summed E-state index contributed by atoms with van der Waals surface area (Å²) in [5.41, 5.74) is 2.44. The van der Waals surface area contributed by atoms with E-state index < -0.39 is 0 Å². The van der Waals surface area contributed by atoms with E-state index in [1.807, 2.05) is 0 Å². The highest BCUT2D eigenvalue weighted by molar-refractivity contribution is 5.64. The van der Waals surface area contributed by atoms with Gasteiger partial charge in [-0.1, -0.05) is 51.3 Å². The standard InChI is InChI=1S/C18H26O/c1-3-8-15(2)17-11-7-12-18(13-17)19-14-16-9-5-4-6-10-16/h7,11-13,16H,2-6,8-10,14H2,1H3. The average Bonchev–Trinajstić information content (AvgIpc) is 2.47. The number of benzene rings is 1. The minimum absolute atomic E-state index is 0.760. The minimum Gasteiger partial charge on any atom is -0.493 e. The quantitative estimate of drug-likeness (QED) is 0.658. The first-order valence-electron chi connectivity index (χ1n) is 7.70. The van der Waals surface area contributed by atoms with Crippen molar-refractivity contribution in [3.05, 3.63) is 36.4 Å². The van der Waals surface area contributed by atoms with Crippen LogP contribution in [0.1, 0.15) is 57.4 Å². The zero-order valence-electron chi connectivity index (χ0n) is 12.2. The summed E-state index contributed by atoms with van der Waals surface area (Å²) in [6.45, 7) is 7.22. The maximum atomic E-state index is 5.97. The van der Waals surface area contributed by atoms with Gasteiger partial charge in [-0.3, -0.25) is 0 Å². The minimum atomic E-state index is 0.760. The van der Waals surface area contributed by atoms with E-state index in [1.165, 1.54) is 43.2 Å². The van der Waals surface area contributed by atoms with Crippen LogP contribution in [0, 0.1) is 5.92 Å². The molecule has 0 aliphatic heterocycles. The number of rotatable bonds is 6. The van der Waals surface area contributed by atoms with Crippen molar-refractivity contribution >= 4 is 5.57 Å². The Hall–Kier alpha value is -1.24. The molecule has 19 heavy (non-hydrogen) atoms. The second kappa shape index (κ2) is 7.37. The van der Waals surface area contributed by atoms with E-state index in [9.17, 15) is 0 Å². The Bertz CT molecular complexity index is 402. The first-order chi connectivity index (χ1) is 9.29. The lowest BCUT2D eigenvalue weighted by Gasteiger charge is -2.21. The summed E-state index contributed by atoms with van der Waals surface area (Å²) in [5, 5.41) is 0. The van der Waals surface area contributed by atoms with Crippen LogP contribution in [0.4, 0.5) is 0 Å². The number of allylic oxidation sites excluding steroid dienone is 1. The van der Waals surface area contributed by atoms with Gasteiger partial charge in [0.25, 0.3) is 0 Å². The van der Waals surface area contributed by atoms with Crippen LogP contribution >= 0.6 is 0 Å². The molecule has 1 aromatic carbocycles. The van der Waals surface area contributed by atoms with Gasteiger partial charge >= 0.3 is 0 Å². The van der Waals surface area contributed by atoms with Gasteiger partial charge in [-0.2, -0.15) is 0 Å². The van der Waals surface area contributed by atoms with E-state index in [4.69, 9.17) is 4.74 Å². The third-order valence-corrected chi connectivity index (χ3v) is 4.00. The molecule has 0 radical (unpaired) electrons. The van der Waals surface area contributed by atoms with Gasteiger partial charge in [0, 0.05) is 0 Å². The van der Waals surface area contributed by atoms with Crippen LogP contribution in [-0.2, 0) is 0 Å². The van der Waals surface area contributed by atoms with Crippen molar-refractivity contribution in [1.29, 1.82) is 0 Å².